The molecule has 0 atom stereocenters. The van der Waals surface area contributed by atoms with Gasteiger partial charge in [-0.25, -0.2) is 0 Å². The number of hydrogen-bond donors (Lipinski definition) is 1. The van der Waals surface area contributed by atoms with Crippen molar-refractivity contribution in [3.8, 4) is 0 Å². The number of rotatable bonds is 1. The molecule has 0 saturated heterocycles. The van der Waals surface area contributed by atoms with Crippen molar-refractivity contribution >= 4 is 5.91 Å². The normalized spacial score (nSPS) is 8.86. The molecule has 14 heavy (non-hydrogen) atoms. The average molecular weight is 193 g/mol. The highest BCUT2D eigenvalue weighted by molar-refractivity contribution is 5.94. The van der Waals surface area contributed by atoms with Gasteiger partial charge in [0.1, 0.15) is 0 Å². The zero-order chi connectivity index (χ0) is 11.1. The maximum Gasteiger partial charge on any atom is 0.248 e. The van der Waals surface area contributed by atoms with Crippen LogP contribution >= 0.6 is 0 Å². The first kappa shape index (κ1) is 12.7. The fraction of sp³-hybridized carbons (Fsp3) is 0.417. The van der Waals surface area contributed by atoms with E-state index in [1.807, 2.05) is 26.0 Å². The fourth-order valence-corrected chi connectivity index (χ4v) is 1.09. The molecule has 78 valence electrons. The Bertz CT molecular complexity index is 305. The molecule has 0 fully saturated rings. The summed E-state index contributed by atoms with van der Waals surface area (Å²) in [5.74, 6) is -0.359. The predicted octanol–water partition coefficient (Wildman–Crippen LogP) is 2.82. The van der Waals surface area contributed by atoms with Crippen LogP contribution in [0, 0.1) is 13.8 Å². The van der Waals surface area contributed by atoms with Crippen molar-refractivity contribution in [1.82, 2.24) is 0 Å². The molecule has 0 heterocycles. The summed E-state index contributed by atoms with van der Waals surface area (Å²) in [7, 11) is 0. The van der Waals surface area contributed by atoms with E-state index >= 15 is 0 Å². The Morgan fingerprint density at radius 1 is 1.29 bits per heavy atom. The lowest BCUT2D eigenvalue weighted by molar-refractivity contribution is 0.0999. The lowest BCUT2D eigenvalue weighted by Gasteiger charge is -2.01. The van der Waals surface area contributed by atoms with Crippen molar-refractivity contribution < 1.29 is 4.79 Å². The largest absolute Gasteiger partial charge is 0.366 e. The molecule has 2 N–H and O–H groups in total. The highest BCUT2D eigenvalue weighted by atomic mass is 16.1. The van der Waals surface area contributed by atoms with E-state index in [2.05, 4.69) is 13.8 Å². The Labute approximate surface area is 86.1 Å². The number of benzene rings is 1. The molecule has 0 unspecified atom stereocenters. The minimum Gasteiger partial charge on any atom is -0.366 e. The molecule has 2 heteroatoms. The average Bonchev–Trinajstić information content (AvgIpc) is 2.04. The third kappa shape index (κ3) is 4.08. The predicted molar refractivity (Wildman–Crippen MR) is 60.4 cm³/mol. The molecular weight excluding hydrogens is 174 g/mol. The number of carbonyl (C=O) groups is 1. The Morgan fingerprint density at radius 3 is 2.14 bits per heavy atom. The van der Waals surface area contributed by atoms with E-state index in [-0.39, 0.29) is 5.91 Å². The highest BCUT2D eigenvalue weighted by Crippen LogP contribution is 2.08. The van der Waals surface area contributed by atoms with Crippen LogP contribution in [0.3, 0.4) is 0 Å². The van der Waals surface area contributed by atoms with Crippen molar-refractivity contribution in [2.45, 2.75) is 34.1 Å². The van der Waals surface area contributed by atoms with Gasteiger partial charge in [-0.3, -0.25) is 4.79 Å². The van der Waals surface area contributed by atoms with Gasteiger partial charge in [0, 0.05) is 5.56 Å². The summed E-state index contributed by atoms with van der Waals surface area (Å²) >= 11 is 0. The van der Waals surface area contributed by atoms with Crippen LogP contribution in [-0.4, -0.2) is 5.91 Å². The highest BCUT2D eigenvalue weighted by Gasteiger charge is 2.02. The first-order chi connectivity index (χ1) is 6.52. The fourth-order valence-electron chi connectivity index (χ4n) is 1.09. The lowest BCUT2D eigenvalue weighted by atomic mass is 10.1. The number of amides is 1. The molecule has 0 aliphatic carbocycles. The van der Waals surface area contributed by atoms with Gasteiger partial charge in [0.25, 0.3) is 0 Å². The van der Waals surface area contributed by atoms with E-state index in [0.29, 0.717) is 5.56 Å². The summed E-state index contributed by atoms with van der Waals surface area (Å²) in [6.07, 6.45) is 1.25. The standard InChI is InChI=1S/C9H11NO.C3H8/c1-6-3-4-8(9(10)11)7(2)5-6;1-3-2/h3-5H,1-2H3,(H2,10,11);3H2,1-2H3. The van der Waals surface area contributed by atoms with E-state index in [1.54, 1.807) is 6.07 Å². The summed E-state index contributed by atoms with van der Waals surface area (Å²) in [5.41, 5.74) is 7.82. The Kier molecular flexibility index (Phi) is 5.61. The summed E-state index contributed by atoms with van der Waals surface area (Å²) < 4.78 is 0. The van der Waals surface area contributed by atoms with Gasteiger partial charge in [-0.15, -0.1) is 0 Å². The van der Waals surface area contributed by atoms with Crippen molar-refractivity contribution in [2.24, 2.45) is 5.73 Å². The number of nitrogens with two attached hydrogens (primary N) is 1. The smallest absolute Gasteiger partial charge is 0.248 e. The quantitative estimate of drug-likeness (QED) is 0.732. The van der Waals surface area contributed by atoms with Gasteiger partial charge < -0.3 is 5.73 Å². The van der Waals surface area contributed by atoms with Crippen LogP contribution in [-0.2, 0) is 0 Å². The van der Waals surface area contributed by atoms with Crippen molar-refractivity contribution in [2.75, 3.05) is 0 Å². The van der Waals surface area contributed by atoms with Crippen LogP contribution in [0.15, 0.2) is 18.2 Å². The number of hydrogen-bond acceptors (Lipinski definition) is 1. The second-order valence-corrected chi connectivity index (χ2v) is 3.39. The molecule has 0 aliphatic rings. The van der Waals surface area contributed by atoms with Crippen LogP contribution in [0.4, 0.5) is 0 Å². The number of aryl methyl sites for hydroxylation is 2. The Morgan fingerprint density at radius 2 is 1.79 bits per heavy atom. The Balaban J connectivity index is 0.000000500. The first-order valence-electron chi connectivity index (χ1n) is 4.90. The molecule has 0 aromatic heterocycles. The number of carbonyl (C=O) groups excluding carboxylic acids is 1. The van der Waals surface area contributed by atoms with Crippen molar-refractivity contribution in [3.63, 3.8) is 0 Å². The second kappa shape index (κ2) is 6.19. The van der Waals surface area contributed by atoms with Crippen LogP contribution in [0.25, 0.3) is 0 Å². The van der Waals surface area contributed by atoms with E-state index in [9.17, 15) is 4.79 Å². The minimum absolute atomic E-state index is 0.359. The van der Waals surface area contributed by atoms with Crippen molar-refractivity contribution in [3.05, 3.63) is 34.9 Å². The molecule has 0 bridgehead atoms. The molecule has 0 saturated carbocycles. The van der Waals surface area contributed by atoms with Gasteiger partial charge in [0.15, 0.2) is 0 Å². The Hall–Kier alpha value is -1.31. The maximum absolute atomic E-state index is 10.8. The van der Waals surface area contributed by atoms with Crippen molar-refractivity contribution in [1.29, 1.82) is 0 Å². The molecule has 0 aliphatic heterocycles. The van der Waals surface area contributed by atoms with Gasteiger partial charge in [0.2, 0.25) is 5.91 Å². The molecule has 2 nitrogen and oxygen atoms in total. The summed E-state index contributed by atoms with van der Waals surface area (Å²) in [6.45, 7) is 8.12. The van der Waals surface area contributed by atoms with E-state index in [4.69, 9.17) is 5.73 Å². The molecule has 1 aromatic rings. The second-order valence-electron chi connectivity index (χ2n) is 3.39. The van der Waals surface area contributed by atoms with Gasteiger partial charge in [-0.2, -0.15) is 0 Å². The summed E-state index contributed by atoms with van der Waals surface area (Å²) in [4.78, 5) is 10.8. The summed E-state index contributed by atoms with van der Waals surface area (Å²) in [5, 5.41) is 0. The van der Waals surface area contributed by atoms with E-state index in [1.165, 1.54) is 6.42 Å². The molecule has 1 rings (SSSR count). The van der Waals surface area contributed by atoms with Crippen LogP contribution < -0.4 is 5.73 Å². The topological polar surface area (TPSA) is 43.1 Å². The van der Waals surface area contributed by atoms with Crippen LogP contribution in [0.2, 0.25) is 0 Å². The monoisotopic (exact) mass is 193 g/mol. The molecule has 1 amide bonds. The van der Waals surface area contributed by atoms with E-state index < -0.39 is 0 Å². The zero-order valence-electron chi connectivity index (χ0n) is 9.42. The van der Waals surface area contributed by atoms with Gasteiger partial charge in [-0.1, -0.05) is 38.0 Å². The van der Waals surface area contributed by atoms with Crippen LogP contribution in [0.5, 0.6) is 0 Å². The maximum atomic E-state index is 10.8. The SMILES string of the molecule is CCC.Cc1ccc(C(N)=O)c(C)c1. The first-order valence-corrected chi connectivity index (χ1v) is 4.90. The molecule has 0 spiro atoms. The third-order valence-electron chi connectivity index (χ3n) is 1.65. The zero-order valence-corrected chi connectivity index (χ0v) is 9.42. The van der Waals surface area contributed by atoms with Gasteiger partial charge in [0.05, 0.1) is 0 Å². The lowest BCUT2D eigenvalue weighted by Crippen LogP contribution is -2.12. The van der Waals surface area contributed by atoms with Gasteiger partial charge in [-0.05, 0) is 25.5 Å². The molecular formula is C12H19NO. The van der Waals surface area contributed by atoms with Crippen LogP contribution in [0.1, 0.15) is 41.8 Å². The third-order valence-corrected chi connectivity index (χ3v) is 1.65. The molecule has 0 radical (unpaired) electrons. The summed E-state index contributed by atoms with van der Waals surface area (Å²) in [6, 6.07) is 5.58. The molecule has 1 aromatic carbocycles. The minimum atomic E-state index is -0.359. The van der Waals surface area contributed by atoms with E-state index in [0.717, 1.165) is 11.1 Å². The van der Waals surface area contributed by atoms with Gasteiger partial charge >= 0.3 is 0 Å². The number of primary amides is 1.